The third kappa shape index (κ3) is 3.29. The summed E-state index contributed by atoms with van der Waals surface area (Å²) in [5, 5.41) is 2.45. The maximum atomic E-state index is 12.8. The van der Waals surface area contributed by atoms with Crippen LogP contribution in [0.3, 0.4) is 0 Å². The highest BCUT2D eigenvalue weighted by Crippen LogP contribution is 2.32. The highest BCUT2D eigenvalue weighted by molar-refractivity contribution is 7.91. The van der Waals surface area contributed by atoms with Gasteiger partial charge in [0.2, 0.25) is 5.91 Å². The number of sulfone groups is 1. The van der Waals surface area contributed by atoms with Gasteiger partial charge in [0, 0.05) is 35.1 Å². The van der Waals surface area contributed by atoms with Gasteiger partial charge in [-0.15, -0.1) is 11.3 Å². The van der Waals surface area contributed by atoms with Crippen molar-refractivity contribution in [1.29, 1.82) is 0 Å². The molecule has 26 heavy (non-hydrogen) atoms. The fourth-order valence-electron chi connectivity index (χ4n) is 3.54. The van der Waals surface area contributed by atoms with Gasteiger partial charge in [-0.2, -0.15) is 0 Å². The van der Waals surface area contributed by atoms with Crippen LogP contribution in [0.15, 0.2) is 48.0 Å². The van der Waals surface area contributed by atoms with Crippen LogP contribution in [0, 0.1) is 0 Å². The van der Waals surface area contributed by atoms with Gasteiger partial charge in [0.1, 0.15) is 0 Å². The number of rotatable bonds is 3. The standard InChI is InChI=1S/C19H20N2O3S2/c22-19(12-14-13-20-16-5-2-1-4-15(14)16)21-8-7-18(17-6-3-10-25-17)26(23,24)11-9-21/h1-6,10,13,18,20H,7-9,11-12H2/t18-/m0/s1. The summed E-state index contributed by atoms with van der Waals surface area (Å²) in [5.74, 6) is 0.00614. The Hall–Kier alpha value is -2.12. The van der Waals surface area contributed by atoms with Crippen molar-refractivity contribution in [2.45, 2.75) is 18.1 Å². The molecule has 1 saturated heterocycles. The monoisotopic (exact) mass is 388 g/mol. The Morgan fingerprint density at radius 3 is 2.85 bits per heavy atom. The summed E-state index contributed by atoms with van der Waals surface area (Å²) in [6, 6.07) is 11.6. The molecule has 1 aliphatic heterocycles. The van der Waals surface area contributed by atoms with E-state index in [4.69, 9.17) is 0 Å². The molecule has 0 radical (unpaired) electrons. The second-order valence-corrected chi connectivity index (χ2v) is 9.86. The number of hydrogen-bond acceptors (Lipinski definition) is 4. The number of nitrogens with zero attached hydrogens (tertiary/aromatic N) is 1. The Kier molecular flexibility index (Phi) is 4.58. The van der Waals surface area contributed by atoms with Crippen molar-refractivity contribution in [2.75, 3.05) is 18.8 Å². The van der Waals surface area contributed by atoms with E-state index in [1.54, 1.807) is 4.90 Å². The number of thiophene rings is 1. The summed E-state index contributed by atoms with van der Waals surface area (Å²) in [4.78, 5) is 18.5. The van der Waals surface area contributed by atoms with E-state index in [-0.39, 0.29) is 24.6 Å². The van der Waals surface area contributed by atoms with Crippen molar-refractivity contribution < 1.29 is 13.2 Å². The van der Waals surface area contributed by atoms with Gasteiger partial charge in [0.05, 0.1) is 17.4 Å². The van der Waals surface area contributed by atoms with Gasteiger partial charge in [0.25, 0.3) is 0 Å². The number of H-pyrrole nitrogens is 1. The van der Waals surface area contributed by atoms with Gasteiger partial charge in [-0.1, -0.05) is 24.3 Å². The first kappa shape index (κ1) is 17.3. The Balaban J connectivity index is 1.51. The van der Waals surface area contributed by atoms with Crippen LogP contribution in [0.25, 0.3) is 10.9 Å². The summed E-state index contributed by atoms with van der Waals surface area (Å²) in [6.07, 6.45) is 2.61. The third-order valence-electron chi connectivity index (χ3n) is 4.97. The van der Waals surface area contributed by atoms with Gasteiger partial charge in [-0.05, 0) is 29.5 Å². The van der Waals surface area contributed by atoms with E-state index in [0.29, 0.717) is 13.0 Å². The number of carbonyl (C=O) groups excluding carboxylic acids is 1. The van der Waals surface area contributed by atoms with E-state index in [2.05, 4.69) is 4.98 Å². The van der Waals surface area contributed by atoms with E-state index in [1.807, 2.05) is 48.0 Å². The normalized spacial score (nSPS) is 20.2. The molecule has 0 bridgehead atoms. The maximum Gasteiger partial charge on any atom is 0.227 e. The number of amides is 1. The molecule has 1 amide bonds. The summed E-state index contributed by atoms with van der Waals surface area (Å²) >= 11 is 1.47. The fraction of sp³-hybridized carbons (Fsp3) is 0.316. The Morgan fingerprint density at radius 1 is 1.19 bits per heavy atom. The van der Waals surface area contributed by atoms with E-state index in [9.17, 15) is 13.2 Å². The van der Waals surface area contributed by atoms with Gasteiger partial charge in [-0.25, -0.2) is 8.42 Å². The molecule has 1 aromatic carbocycles. The number of nitrogens with one attached hydrogen (secondary N) is 1. The Bertz CT molecular complexity index is 1020. The molecule has 3 aromatic rings. The van der Waals surface area contributed by atoms with E-state index in [0.717, 1.165) is 21.3 Å². The second kappa shape index (κ2) is 6.89. The number of para-hydroxylation sites is 1. The van der Waals surface area contributed by atoms with Crippen LogP contribution in [0.1, 0.15) is 22.1 Å². The molecule has 5 nitrogen and oxygen atoms in total. The summed E-state index contributed by atoms with van der Waals surface area (Å²) in [7, 11) is -3.24. The van der Waals surface area contributed by atoms with Crippen LogP contribution in [-0.4, -0.2) is 43.1 Å². The van der Waals surface area contributed by atoms with Crippen molar-refractivity contribution >= 4 is 38.0 Å². The molecule has 4 rings (SSSR count). The largest absolute Gasteiger partial charge is 0.361 e. The molecule has 0 aliphatic carbocycles. The zero-order valence-corrected chi connectivity index (χ0v) is 15.9. The molecule has 0 spiro atoms. The smallest absolute Gasteiger partial charge is 0.227 e. The molecule has 7 heteroatoms. The van der Waals surface area contributed by atoms with Gasteiger partial charge < -0.3 is 9.88 Å². The number of aromatic amines is 1. The molecule has 1 fully saturated rings. The van der Waals surface area contributed by atoms with Crippen LogP contribution in [0.4, 0.5) is 0 Å². The minimum atomic E-state index is -3.24. The van der Waals surface area contributed by atoms with Crippen molar-refractivity contribution in [1.82, 2.24) is 9.88 Å². The van der Waals surface area contributed by atoms with Crippen molar-refractivity contribution in [3.05, 3.63) is 58.4 Å². The van der Waals surface area contributed by atoms with Gasteiger partial charge in [0.15, 0.2) is 9.84 Å². The van der Waals surface area contributed by atoms with Crippen molar-refractivity contribution in [3.8, 4) is 0 Å². The Morgan fingerprint density at radius 2 is 2.04 bits per heavy atom. The number of fused-ring (bicyclic) bond motifs is 1. The molecule has 0 saturated carbocycles. The topological polar surface area (TPSA) is 70.2 Å². The minimum Gasteiger partial charge on any atom is -0.361 e. The first-order valence-corrected chi connectivity index (χ1v) is 11.2. The van der Waals surface area contributed by atoms with Crippen LogP contribution >= 0.6 is 11.3 Å². The third-order valence-corrected chi connectivity index (χ3v) is 8.21. The average molecular weight is 389 g/mol. The fourth-order valence-corrected chi connectivity index (χ4v) is 6.54. The second-order valence-electron chi connectivity index (χ2n) is 6.58. The lowest BCUT2D eigenvalue weighted by Crippen LogP contribution is -2.34. The van der Waals surface area contributed by atoms with Gasteiger partial charge >= 0.3 is 0 Å². The lowest BCUT2D eigenvalue weighted by Gasteiger charge is -2.19. The first-order chi connectivity index (χ1) is 12.5. The zero-order valence-electron chi connectivity index (χ0n) is 14.2. The molecule has 0 unspecified atom stereocenters. The molecular weight excluding hydrogens is 368 g/mol. The van der Waals surface area contributed by atoms with Crippen LogP contribution in [0.5, 0.6) is 0 Å². The van der Waals surface area contributed by atoms with E-state index < -0.39 is 15.1 Å². The molecule has 2 aromatic heterocycles. The molecule has 136 valence electrons. The highest BCUT2D eigenvalue weighted by Gasteiger charge is 2.33. The van der Waals surface area contributed by atoms with E-state index in [1.165, 1.54) is 11.3 Å². The molecule has 1 aliphatic rings. The quantitative estimate of drug-likeness (QED) is 0.749. The average Bonchev–Trinajstić information content (AvgIpc) is 3.25. The van der Waals surface area contributed by atoms with Crippen molar-refractivity contribution in [2.24, 2.45) is 0 Å². The first-order valence-electron chi connectivity index (χ1n) is 8.62. The van der Waals surface area contributed by atoms with Crippen LogP contribution in [0.2, 0.25) is 0 Å². The Labute approximate surface area is 156 Å². The number of benzene rings is 1. The van der Waals surface area contributed by atoms with E-state index >= 15 is 0 Å². The summed E-state index contributed by atoms with van der Waals surface area (Å²) in [5.41, 5.74) is 1.96. The SMILES string of the molecule is O=C(Cc1c[nH]c2ccccc12)N1CC[C@@H](c2cccs2)S(=O)(=O)CC1. The molecule has 1 atom stereocenters. The lowest BCUT2D eigenvalue weighted by molar-refractivity contribution is -0.130. The summed E-state index contributed by atoms with van der Waals surface area (Å²) < 4.78 is 25.2. The predicted octanol–water partition coefficient (Wildman–Crippen LogP) is 3.16. The predicted molar refractivity (Wildman–Crippen MR) is 104 cm³/mol. The number of carbonyl (C=O) groups is 1. The minimum absolute atomic E-state index is 0.0169. The lowest BCUT2D eigenvalue weighted by atomic mass is 10.1. The van der Waals surface area contributed by atoms with Crippen LogP contribution in [-0.2, 0) is 21.1 Å². The zero-order chi connectivity index (χ0) is 18.1. The molecule has 1 N–H and O–H groups in total. The molecule has 3 heterocycles. The molecular formula is C19H20N2O3S2. The maximum absolute atomic E-state index is 12.8. The highest BCUT2D eigenvalue weighted by atomic mass is 32.2. The van der Waals surface area contributed by atoms with Crippen molar-refractivity contribution in [3.63, 3.8) is 0 Å². The van der Waals surface area contributed by atoms with Crippen LogP contribution < -0.4 is 0 Å². The number of aromatic nitrogens is 1. The summed E-state index contributed by atoms with van der Waals surface area (Å²) in [6.45, 7) is 0.744. The number of hydrogen-bond donors (Lipinski definition) is 1. The van der Waals surface area contributed by atoms with Gasteiger partial charge in [-0.3, -0.25) is 4.79 Å².